The number of hydrogen-bond donors (Lipinski definition) is 0. The van der Waals surface area contributed by atoms with Crippen LogP contribution in [0, 0.1) is 0 Å². The van der Waals surface area contributed by atoms with Gasteiger partial charge in [0.15, 0.2) is 6.61 Å². The van der Waals surface area contributed by atoms with Crippen LogP contribution in [0.3, 0.4) is 0 Å². The largest absolute Gasteiger partial charge is 0.508 e. The first-order valence-electron chi connectivity index (χ1n) is 6.87. The fourth-order valence-electron chi connectivity index (χ4n) is 1.35. The molecule has 0 saturated carbocycles. The Hall–Kier alpha value is -1.57. The van der Waals surface area contributed by atoms with Gasteiger partial charge in [-0.05, 0) is 6.42 Å². The topological polar surface area (TPSA) is 35.5 Å². The van der Waals surface area contributed by atoms with Crippen LogP contribution in [0.4, 0.5) is 57.5 Å². The van der Waals surface area contributed by atoms with Crippen molar-refractivity contribution in [1.82, 2.24) is 0 Å². The SMILES string of the molecule is CCCCOC(=O)OCC(F)(F)C(F)(F)C(F)(F)C(F)(F)C(F)(F)C(F)F. The average Bonchev–Trinajstić information content (AvgIpc) is 2.52. The minimum atomic E-state index is -7.65. The zero-order valence-electron chi connectivity index (χ0n) is 13.2. The molecule has 0 aliphatic rings. The number of carbonyl (C=O) groups excluding carboxylic acids is 1. The Bertz CT molecular complexity index is 506. The van der Waals surface area contributed by atoms with Gasteiger partial charge in [-0.15, -0.1) is 0 Å². The highest BCUT2D eigenvalue weighted by atomic mass is 19.4. The van der Waals surface area contributed by atoms with Gasteiger partial charge in [0.2, 0.25) is 0 Å². The molecule has 0 atom stereocenters. The van der Waals surface area contributed by atoms with Crippen molar-refractivity contribution in [3.05, 3.63) is 0 Å². The summed E-state index contributed by atoms with van der Waals surface area (Å²) in [6, 6.07) is 0. The minimum absolute atomic E-state index is 0.161. The molecule has 15 heteroatoms. The highest BCUT2D eigenvalue weighted by molar-refractivity contribution is 5.59. The molecule has 0 aromatic rings. The van der Waals surface area contributed by atoms with Crippen molar-refractivity contribution in [2.45, 2.75) is 55.8 Å². The van der Waals surface area contributed by atoms with Gasteiger partial charge in [0.05, 0.1) is 6.61 Å². The van der Waals surface area contributed by atoms with Gasteiger partial charge in [0.25, 0.3) is 0 Å². The van der Waals surface area contributed by atoms with E-state index in [1.807, 2.05) is 0 Å². The number of hydrogen-bond acceptors (Lipinski definition) is 3. The van der Waals surface area contributed by atoms with Crippen LogP contribution in [0.15, 0.2) is 0 Å². The van der Waals surface area contributed by atoms with Crippen molar-refractivity contribution in [2.75, 3.05) is 13.2 Å². The molecule has 0 unspecified atom stereocenters. The third kappa shape index (κ3) is 4.65. The smallest absolute Gasteiger partial charge is 0.434 e. The van der Waals surface area contributed by atoms with Crippen LogP contribution in [-0.2, 0) is 9.47 Å². The van der Waals surface area contributed by atoms with Crippen molar-refractivity contribution in [3.63, 3.8) is 0 Å². The Morgan fingerprint density at radius 1 is 0.815 bits per heavy atom. The fourth-order valence-corrected chi connectivity index (χ4v) is 1.35. The summed E-state index contributed by atoms with van der Waals surface area (Å²) in [5.74, 6) is -36.0. The van der Waals surface area contributed by atoms with Gasteiger partial charge in [-0.3, -0.25) is 0 Å². The van der Waals surface area contributed by atoms with Crippen LogP contribution >= 0.6 is 0 Å². The van der Waals surface area contributed by atoms with Crippen LogP contribution in [-0.4, -0.2) is 55.4 Å². The van der Waals surface area contributed by atoms with E-state index >= 15 is 0 Å². The maximum atomic E-state index is 13.2. The molecule has 0 heterocycles. The summed E-state index contributed by atoms with van der Waals surface area (Å²) in [6.07, 6.45) is -7.06. The minimum Gasteiger partial charge on any atom is -0.434 e. The first-order valence-corrected chi connectivity index (χ1v) is 6.87. The Morgan fingerprint density at radius 2 is 1.30 bits per heavy atom. The molecular weight excluding hydrogens is 420 g/mol. The molecule has 0 fully saturated rings. The molecule has 0 saturated heterocycles. The Balaban J connectivity index is 5.51. The second kappa shape index (κ2) is 8.20. The number of ether oxygens (including phenoxy) is 2. The van der Waals surface area contributed by atoms with E-state index in [4.69, 9.17) is 0 Å². The van der Waals surface area contributed by atoms with Gasteiger partial charge in [-0.2, -0.15) is 43.9 Å². The molecule has 0 aliphatic carbocycles. The maximum absolute atomic E-state index is 13.2. The molecule has 0 radical (unpaired) electrons. The van der Waals surface area contributed by atoms with Crippen molar-refractivity contribution >= 4 is 6.16 Å². The molecule has 3 nitrogen and oxygen atoms in total. The van der Waals surface area contributed by atoms with E-state index in [1.165, 1.54) is 0 Å². The van der Waals surface area contributed by atoms with Crippen LogP contribution in [0.2, 0.25) is 0 Å². The van der Waals surface area contributed by atoms with Crippen molar-refractivity contribution < 1.29 is 67.0 Å². The molecular formula is C12H12F12O3. The molecule has 0 rings (SSSR count). The van der Waals surface area contributed by atoms with Gasteiger partial charge in [0, 0.05) is 0 Å². The molecule has 162 valence electrons. The summed E-state index contributed by atoms with van der Waals surface area (Å²) in [5, 5.41) is 0. The van der Waals surface area contributed by atoms with Gasteiger partial charge < -0.3 is 9.47 Å². The second-order valence-corrected chi connectivity index (χ2v) is 5.09. The highest BCUT2D eigenvalue weighted by Gasteiger charge is 2.87. The zero-order chi connectivity index (χ0) is 21.9. The molecule has 0 aromatic carbocycles. The lowest BCUT2D eigenvalue weighted by Crippen LogP contribution is -2.69. The summed E-state index contributed by atoms with van der Waals surface area (Å²) in [5.41, 5.74) is 0. The van der Waals surface area contributed by atoms with E-state index in [2.05, 4.69) is 9.47 Å². The average molecular weight is 432 g/mol. The molecule has 27 heavy (non-hydrogen) atoms. The number of halogens is 12. The zero-order valence-corrected chi connectivity index (χ0v) is 13.2. The highest BCUT2D eigenvalue weighted by Crippen LogP contribution is 2.58. The third-order valence-corrected chi connectivity index (χ3v) is 3.03. The predicted octanol–water partition coefficient (Wildman–Crippen LogP) is 5.38. The lowest BCUT2D eigenvalue weighted by atomic mass is 9.94. The Labute approximate surface area is 143 Å². The molecule has 0 aromatic heterocycles. The van der Waals surface area contributed by atoms with Crippen molar-refractivity contribution in [1.29, 1.82) is 0 Å². The molecule has 0 aliphatic heterocycles. The monoisotopic (exact) mass is 432 g/mol. The van der Waals surface area contributed by atoms with E-state index in [-0.39, 0.29) is 6.42 Å². The number of alkyl halides is 12. The van der Waals surface area contributed by atoms with E-state index in [0.29, 0.717) is 6.42 Å². The first kappa shape index (κ1) is 25.4. The number of rotatable bonds is 10. The quantitative estimate of drug-likeness (QED) is 0.264. The van der Waals surface area contributed by atoms with Gasteiger partial charge >= 0.3 is 42.2 Å². The van der Waals surface area contributed by atoms with Crippen LogP contribution in [0.25, 0.3) is 0 Å². The summed E-state index contributed by atoms with van der Waals surface area (Å²) in [7, 11) is 0. The van der Waals surface area contributed by atoms with E-state index in [1.54, 1.807) is 6.92 Å². The van der Waals surface area contributed by atoms with E-state index in [9.17, 15) is 57.5 Å². The number of carbonyl (C=O) groups is 1. The lowest BCUT2D eigenvalue weighted by molar-refractivity contribution is -0.414. The van der Waals surface area contributed by atoms with Crippen LogP contribution in [0.5, 0.6) is 0 Å². The van der Waals surface area contributed by atoms with E-state index in [0.717, 1.165) is 0 Å². The van der Waals surface area contributed by atoms with Gasteiger partial charge in [0.1, 0.15) is 0 Å². The molecule has 0 N–H and O–H groups in total. The standard InChI is InChI=1S/C12H12F12O3/c1-2-3-4-26-7(25)27-5-8(15,16)10(19,20)12(23,24)11(21,22)9(17,18)6(13)14/h6H,2-5H2,1H3. The first-order chi connectivity index (χ1) is 11.9. The van der Waals surface area contributed by atoms with E-state index < -0.39 is 55.4 Å². The normalized spacial score (nSPS) is 14.4. The molecule has 0 bridgehead atoms. The second-order valence-electron chi connectivity index (χ2n) is 5.09. The van der Waals surface area contributed by atoms with Gasteiger partial charge in [-0.1, -0.05) is 13.3 Å². The summed E-state index contributed by atoms with van der Waals surface area (Å²) in [4.78, 5) is 10.8. The Morgan fingerprint density at radius 3 is 1.70 bits per heavy atom. The van der Waals surface area contributed by atoms with Crippen molar-refractivity contribution in [3.8, 4) is 0 Å². The molecule has 0 amide bonds. The van der Waals surface area contributed by atoms with Crippen molar-refractivity contribution in [2.24, 2.45) is 0 Å². The Kier molecular flexibility index (Phi) is 7.73. The van der Waals surface area contributed by atoms with Crippen LogP contribution < -0.4 is 0 Å². The van der Waals surface area contributed by atoms with Gasteiger partial charge in [-0.25, -0.2) is 13.6 Å². The summed E-state index contributed by atoms with van der Waals surface area (Å²) in [6.45, 7) is -1.84. The third-order valence-electron chi connectivity index (χ3n) is 3.03. The summed E-state index contributed by atoms with van der Waals surface area (Å²) >= 11 is 0. The fraction of sp³-hybridized carbons (Fsp3) is 0.917. The summed E-state index contributed by atoms with van der Waals surface area (Å²) < 4.78 is 161. The predicted molar refractivity (Wildman–Crippen MR) is 62.9 cm³/mol. The van der Waals surface area contributed by atoms with Crippen LogP contribution in [0.1, 0.15) is 19.8 Å². The maximum Gasteiger partial charge on any atom is 0.508 e. The number of unbranched alkanes of at least 4 members (excludes halogenated alkanes) is 1. The lowest BCUT2D eigenvalue weighted by Gasteiger charge is -2.38. The molecule has 0 spiro atoms.